The molecule has 0 bridgehead atoms. The van der Waals surface area contributed by atoms with Gasteiger partial charge in [0.1, 0.15) is 24.9 Å². The summed E-state index contributed by atoms with van der Waals surface area (Å²) in [6, 6.07) is 3.25. The highest BCUT2D eigenvalue weighted by atomic mass is 16.6. The summed E-state index contributed by atoms with van der Waals surface area (Å²) in [6.07, 6.45) is -5.95. The Bertz CT molecular complexity index is 1020. The number of carbonyl (C=O) groups is 2. The zero-order chi connectivity index (χ0) is 24.4. The van der Waals surface area contributed by atoms with Crippen molar-refractivity contribution in [3.63, 3.8) is 0 Å². The Hall–Kier alpha value is -3.94. The molecule has 1 aliphatic heterocycles. The molecule has 1 saturated heterocycles. The average Bonchev–Trinajstić information content (AvgIpc) is 2.77. The van der Waals surface area contributed by atoms with Crippen LogP contribution in [0.2, 0.25) is 0 Å². The summed E-state index contributed by atoms with van der Waals surface area (Å²) in [6.45, 7) is -0.992. The molecular formula is C20H20O13. The highest BCUT2D eigenvalue weighted by Crippen LogP contribution is 2.37. The highest BCUT2D eigenvalue weighted by molar-refractivity contribution is 5.92. The molecular weight excluding hydrogens is 448 g/mol. The van der Waals surface area contributed by atoms with Gasteiger partial charge in [0.05, 0.1) is 17.7 Å². The summed E-state index contributed by atoms with van der Waals surface area (Å²) in [5.74, 6) is -7.11. The minimum Gasteiger partial charge on any atom is -0.504 e. The van der Waals surface area contributed by atoms with Crippen molar-refractivity contribution in [2.75, 3.05) is 13.2 Å². The Labute approximate surface area is 184 Å². The normalized spacial score (nSPS) is 22.5. The van der Waals surface area contributed by atoms with Crippen LogP contribution >= 0.6 is 0 Å². The van der Waals surface area contributed by atoms with Gasteiger partial charge in [0.2, 0.25) is 0 Å². The van der Waals surface area contributed by atoms with E-state index in [4.69, 9.17) is 14.2 Å². The van der Waals surface area contributed by atoms with Gasteiger partial charge in [-0.2, -0.15) is 0 Å². The Kier molecular flexibility index (Phi) is 6.67. The zero-order valence-electron chi connectivity index (χ0n) is 16.7. The second-order valence-electron chi connectivity index (χ2n) is 7.12. The number of carbonyl (C=O) groups excluding carboxylic acids is 2. The van der Waals surface area contributed by atoms with Crippen LogP contribution < -0.4 is 0 Å². The van der Waals surface area contributed by atoms with E-state index in [-0.39, 0.29) is 12.2 Å². The second kappa shape index (κ2) is 9.28. The molecule has 13 heteroatoms. The molecule has 0 saturated carbocycles. The first-order valence-corrected chi connectivity index (χ1v) is 9.35. The molecule has 2 aromatic carbocycles. The molecule has 2 aromatic rings. The van der Waals surface area contributed by atoms with Gasteiger partial charge in [0.15, 0.2) is 40.6 Å². The van der Waals surface area contributed by atoms with Crippen LogP contribution in [-0.2, 0) is 14.2 Å². The van der Waals surface area contributed by atoms with Gasteiger partial charge in [0.25, 0.3) is 0 Å². The Morgan fingerprint density at radius 3 is 1.76 bits per heavy atom. The van der Waals surface area contributed by atoms with E-state index in [1.807, 2.05) is 0 Å². The summed E-state index contributed by atoms with van der Waals surface area (Å²) >= 11 is 0. The third-order valence-electron chi connectivity index (χ3n) is 4.81. The molecule has 0 aromatic heterocycles. The fourth-order valence-electron chi connectivity index (χ4n) is 3.02. The molecule has 33 heavy (non-hydrogen) atoms. The van der Waals surface area contributed by atoms with Crippen molar-refractivity contribution in [2.45, 2.75) is 24.4 Å². The first kappa shape index (κ1) is 23.7. The highest BCUT2D eigenvalue weighted by Gasteiger charge is 2.42. The molecule has 0 aliphatic carbocycles. The number of hydrogen-bond acceptors (Lipinski definition) is 13. The van der Waals surface area contributed by atoms with Gasteiger partial charge in [-0.1, -0.05) is 0 Å². The largest absolute Gasteiger partial charge is 0.504 e. The predicted octanol–water partition coefficient (Wildman–Crippen LogP) is -0.577. The number of aliphatic hydroxyl groups is 2. The first-order chi connectivity index (χ1) is 15.5. The van der Waals surface area contributed by atoms with E-state index in [0.717, 1.165) is 24.3 Å². The Morgan fingerprint density at radius 2 is 1.27 bits per heavy atom. The van der Waals surface area contributed by atoms with Gasteiger partial charge in [0, 0.05) is 0 Å². The average molecular weight is 468 g/mol. The monoisotopic (exact) mass is 468 g/mol. The van der Waals surface area contributed by atoms with Crippen molar-refractivity contribution in [1.82, 2.24) is 0 Å². The smallest absolute Gasteiger partial charge is 0.338 e. The molecule has 1 heterocycles. The number of phenolic OH excluding ortho intramolecular Hbond substituents is 6. The van der Waals surface area contributed by atoms with Crippen LogP contribution in [0.4, 0.5) is 0 Å². The quantitative estimate of drug-likeness (QED) is 0.203. The summed E-state index contributed by atoms with van der Waals surface area (Å²) in [5, 5.41) is 76.9. The van der Waals surface area contributed by atoms with Crippen LogP contribution in [0.1, 0.15) is 20.7 Å². The van der Waals surface area contributed by atoms with Crippen LogP contribution in [-0.4, -0.2) is 90.4 Å². The lowest BCUT2D eigenvalue weighted by atomic mass is 10.00. The fourth-order valence-corrected chi connectivity index (χ4v) is 3.02. The molecule has 1 aliphatic rings. The predicted molar refractivity (Wildman–Crippen MR) is 104 cm³/mol. The van der Waals surface area contributed by atoms with Crippen molar-refractivity contribution in [1.29, 1.82) is 0 Å². The van der Waals surface area contributed by atoms with Crippen molar-refractivity contribution in [2.24, 2.45) is 0 Å². The standard InChI is InChI=1S/C20H20O13/c21-9-1-7(2-10(22)15(9)26)19(29)32-6-14-18(17(28)13(25)5-31-14)33-20(30)8-3-11(23)16(27)12(24)4-8/h1-4,13-14,17-18,21-28H,5-6H2/t13-,14+,17+,18+/m0/s1. The summed E-state index contributed by atoms with van der Waals surface area (Å²) < 4.78 is 15.4. The summed E-state index contributed by atoms with van der Waals surface area (Å²) in [4.78, 5) is 24.7. The number of aromatic hydroxyl groups is 6. The van der Waals surface area contributed by atoms with Crippen molar-refractivity contribution in [3.05, 3.63) is 35.4 Å². The van der Waals surface area contributed by atoms with Gasteiger partial charge in [-0.05, 0) is 24.3 Å². The molecule has 178 valence electrons. The summed E-state index contributed by atoms with van der Waals surface area (Å²) in [7, 11) is 0. The first-order valence-electron chi connectivity index (χ1n) is 9.35. The van der Waals surface area contributed by atoms with Crippen molar-refractivity contribution < 1.29 is 64.7 Å². The van der Waals surface area contributed by atoms with Crippen LogP contribution in [0.25, 0.3) is 0 Å². The van der Waals surface area contributed by atoms with E-state index in [0.29, 0.717) is 0 Å². The molecule has 3 rings (SSSR count). The Morgan fingerprint density at radius 1 is 0.818 bits per heavy atom. The number of ether oxygens (including phenoxy) is 3. The van der Waals surface area contributed by atoms with Gasteiger partial charge in [-0.15, -0.1) is 0 Å². The molecule has 4 atom stereocenters. The van der Waals surface area contributed by atoms with Gasteiger partial charge >= 0.3 is 11.9 Å². The number of hydrogen-bond donors (Lipinski definition) is 8. The maximum absolute atomic E-state index is 12.4. The van der Waals surface area contributed by atoms with E-state index in [2.05, 4.69) is 0 Å². The number of aliphatic hydroxyl groups excluding tert-OH is 2. The van der Waals surface area contributed by atoms with Gasteiger partial charge in [-0.3, -0.25) is 0 Å². The van der Waals surface area contributed by atoms with Crippen LogP contribution in [0.5, 0.6) is 34.5 Å². The van der Waals surface area contributed by atoms with Crippen molar-refractivity contribution in [3.8, 4) is 34.5 Å². The van der Waals surface area contributed by atoms with Crippen LogP contribution in [0.15, 0.2) is 24.3 Å². The van der Waals surface area contributed by atoms with Crippen molar-refractivity contribution >= 4 is 11.9 Å². The molecule has 0 unspecified atom stereocenters. The fraction of sp³-hybridized carbons (Fsp3) is 0.300. The van der Waals surface area contributed by atoms with E-state index >= 15 is 0 Å². The lowest BCUT2D eigenvalue weighted by Gasteiger charge is -2.37. The lowest BCUT2D eigenvalue weighted by molar-refractivity contribution is -0.196. The van der Waals surface area contributed by atoms with E-state index in [9.17, 15) is 50.4 Å². The SMILES string of the molecule is O=C(OC[C@H]1OC[C@H](O)[C@@H](O)[C@@H]1OC(=O)c1cc(O)c(O)c(O)c1)c1cc(O)c(O)c(O)c1. The van der Waals surface area contributed by atoms with Crippen LogP contribution in [0.3, 0.4) is 0 Å². The van der Waals surface area contributed by atoms with E-state index in [1.165, 1.54) is 0 Å². The number of rotatable bonds is 5. The molecule has 0 amide bonds. The lowest BCUT2D eigenvalue weighted by Crippen LogP contribution is -2.56. The molecule has 8 N–H and O–H groups in total. The van der Waals surface area contributed by atoms with Crippen LogP contribution in [0, 0.1) is 0 Å². The zero-order valence-corrected chi connectivity index (χ0v) is 16.7. The molecule has 13 nitrogen and oxygen atoms in total. The Balaban J connectivity index is 1.74. The molecule has 0 spiro atoms. The second-order valence-corrected chi connectivity index (χ2v) is 7.12. The summed E-state index contributed by atoms with van der Waals surface area (Å²) in [5.41, 5.74) is -0.733. The minimum absolute atomic E-state index is 0.331. The maximum atomic E-state index is 12.4. The van der Waals surface area contributed by atoms with E-state index in [1.54, 1.807) is 0 Å². The number of benzene rings is 2. The number of phenols is 6. The third kappa shape index (κ3) is 4.95. The molecule has 1 fully saturated rings. The topological polar surface area (TPSA) is 224 Å². The van der Waals surface area contributed by atoms with E-state index < -0.39 is 83.0 Å². The maximum Gasteiger partial charge on any atom is 0.338 e. The number of esters is 2. The van der Waals surface area contributed by atoms with Gasteiger partial charge < -0.3 is 55.1 Å². The third-order valence-corrected chi connectivity index (χ3v) is 4.81. The molecule has 0 radical (unpaired) electrons. The minimum atomic E-state index is -1.66. The van der Waals surface area contributed by atoms with Gasteiger partial charge in [-0.25, -0.2) is 9.59 Å².